The van der Waals surface area contributed by atoms with Crippen molar-refractivity contribution in [3.05, 3.63) is 47.2 Å². The number of amides is 1. The number of sulfone groups is 1. The van der Waals surface area contributed by atoms with Crippen LogP contribution >= 0.6 is 0 Å². The topological polar surface area (TPSA) is 101 Å². The molecule has 25 heavy (non-hydrogen) atoms. The van der Waals surface area contributed by atoms with Crippen LogP contribution < -0.4 is 10.6 Å². The second-order valence-electron chi connectivity index (χ2n) is 6.25. The standard InChI is InChI=1S/C17H20N4O3S/c1-11-4-3-5-14(12(11)2)19-16-7-6-15(20-21-16)17(22)18-13-8-9-25(23,24)10-13/h3-7,13H,8-10H2,1-2H3,(H,18,22)(H,19,21). The highest BCUT2D eigenvalue weighted by atomic mass is 32.2. The Hall–Kier alpha value is -2.48. The third-order valence-corrected chi connectivity index (χ3v) is 6.10. The van der Waals surface area contributed by atoms with E-state index in [1.807, 2.05) is 32.0 Å². The van der Waals surface area contributed by atoms with Crippen LogP contribution in [0.15, 0.2) is 30.3 Å². The molecule has 0 aliphatic carbocycles. The summed E-state index contributed by atoms with van der Waals surface area (Å²) >= 11 is 0. The van der Waals surface area contributed by atoms with E-state index in [4.69, 9.17) is 0 Å². The Morgan fingerprint density at radius 3 is 2.60 bits per heavy atom. The van der Waals surface area contributed by atoms with Crippen LogP contribution in [-0.2, 0) is 9.84 Å². The number of carbonyl (C=O) groups is 1. The molecule has 1 amide bonds. The fourth-order valence-corrected chi connectivity index (χ4v) is 4.39. The lowest BCUT2D eigenvalue weighted by atomic mass is 10.1. The molecule has 2 N–H and O–H groups in total. The quantitative estimate of drug-likeness (QED) is 0.861. The highest BCUT2D eigenvalue weighted by Gasteiger charge is 2.29. The van der Waals surface area contributed by atoms with Crippen molar-refractivity contribution in [3.8, 4) is 0 Å². The molecule has 1 aliphatic heterocycles. The number of anilines is 2. The lowest BCUT2D eigenvalue weighted by Gasteiger charge is -2.11. The molecule has 3 rings (SSSR count). The first-order chi connectivity index (χ1) is 11.8. The summed E-state index contributed by atoms with van der Waals surface area (Å²) in [5.74, 6) is 0.224. The molecule has 7 nitrogen and oxygen atoms in total. The zero-order valence-electron chi connectivity index (χ0n) is 14.1. The maximum absolute atomic E-state index is 12.2. The minimum atomic E-state index is -3.03. The van der Waals surface area contributed by atoms with Crippen molar-refractivity contribution < 1.29 is 13.2 Å². The summed E-state index contributed by atoms with van der Waals surface area (Å²) in [6.45, 7) is 4.05. The Kier molecular flexibility index (Phi) is 4.71. The van der Waals surface area contributed by atoms with Crippen LogP contribution in [-0.4, -0.2) is 42.1 Å². The van der Waals surface area contributed by atoms with Gasteiger partial charge in [-0.05, 0) is 49.6 Å². The molecule has 2 heterocycles. The lowest BCUT2D eigenvalue weighted by Crippen LogP contribution is -2.36. The van der Waals surface area contributed by atoms with E-state index in [0.717, 1.165) is 11.3 Å². The molecular weight excluding hydrogens is 340 g/mol. The van der Waals surface area contributed by atoms with Crippen LogP contribution in [0.3, 0.4) is 0 Å². The van der Waals surface area contributed by atoms with Crippen molar-refractivity contribution in [2.75, 3.05) is 16.8 Å². The Morgan fingerprint density at radius 2 is 1.96 bits per heavy atom. The summed E-state index contributed by atoms with van der Waals surface area (Å²) in [4.78, 5) is 12.2. The molecule has 0 bridgehead atoms. The van der Waals surface area contributed by atoms with Gasteiger partial charge in [0.1, 0.15) is 0 Å². The zero-order chi connectivity index (χ0) is 18.0. The van der Waals surface area contributed by atoms with Crippen molar-refractivity contribution in [1.29, 1.82) is 0 Å². The minimum Gasteiger partial charge on any atom is -0.347 e. The number of carbonyl (C=O) groups excluding carboxylic acids is 1. The molecule has 1 fully saturated rings. The summed E-state index contributed by atoms with van der Waals surface area (Å²) in [5, 5.41) is 13.8. The van der Waals surface area contributed by atoms with E-state index in [1.165, 1.54) is 5.56 Å². The number of hydrogen-bond acceptors (Lipinski definition) is 6. The molecule has 1 unspecified atom stereocenters. The number of hydrogen-bond donors (Lipinski definition) is 2. The van der Waals surface area contributed by atoms with Crippen molar-refractivity contribution in [1.82, 2.24) is 15.5 Å². The summed E-state index contributed by atoms with van der Waals surface area (Å²) in [6, 6.07) is 8.82. The molecule has 0 spiro atoms. The van der Waals surface area contributed by atoms with Crippen molar-refractivity contribution in [2.24, 2.45) is 0 Å². The Morgan fingerprint density at radius 1 is 1.16 bits per heavy atom. The average molecular weight is 360 g/mol. The van der Waals surface area contributed by atoms with Gasteiger partial charge >= 0.3 is 0 Å². The third-order valence-electron chi connectivity index (χ3n) is 4.33. The minimum absolute atomic E-state index is 0.0154. The molecule has 132 valence electrons. The number of benzene rings is 1. The van der Waals surface area contributed by atoms with Crippen LogP contribution in [0.2, 0.25) is 0 Å². The van der Waals surface area contributed by atoms with Gasteiger partial charge in [-0.3, -0.25) is 4.79 Å². The van der Waals surface area contributed by atoms with E-state index in [-0.39, 0.29) is 23.2 Å². The molecule has 1 atom stereocenters. The van der Waals surface area contributed by atoms with E-state index in [0.29, 0.717) is 12.2 Å². The average Bonchev–Trinajstić information content (AvgIpc) is 2.91. The third kappa shape index (κ3) is 4.14. The normalized spacial score (nSPS) is 18.7. The molecule has 2 aromatic rings. The van der Waals surface area contributed by atoms with Crippen LogP contribution in [0.25, 0.3) is 0 Å². The fourth-order valence-electron chi connectivity index (χ4n) is 2.71. The van der Waals surface area contributed by atoms with Crippen LogP contribution in [0.1, 0.15) is 28.0 Å². The molecule has 1 aromatic heterocycles. The van der Waals surface area contributed by atoms with Crippen molar-refractivity contribution in [3.63, 3.8) is 0 Å². The first kappa shape index (κ1) is 17.3. The Bertz CT molecular complexity index is 895. The highest BCUT2D eigenvalue weighted by Crippen LogP contribution is 2.21. The predicted molar refractivity (Wildman–Crippen MR) is 95.8 cm³/mol. The van der Waals surface area contributed by atoms with Gasteiger partial charge in [-0.1, -0.05) is 12.1 Å². The van der Waals surface area contributed by atoms with Crippen LogP contribution in [0.5, 0.6) is 0 Å². The molecule has 1 aromatic carbocycles. The van der Waals surface area contributed by atoms with E-state index < -0.39 is 15.7 Å². The number of nitrogens with one attached hydrogen (secondary N) is 2. The first-order valence-corrected chi connectivity index (χ1v) is 9.84. The summed E-state index contributed by atoms with van der Waals surface area (Å²) in [6.07, 6.45) is 0.438. The summed E-state index contributed by atoms with van der Waals surface area (Å²) < 4.78 is 22.9. The number of aryl methyl sites for hydroxylation is 1. The van der Waals surface area contributed by atoms with Gasteiger partial charge in [0, 0.05) is 11.7 Å². The van der Waals surface area contributed by atoms with Gasteiger partial charge in [0.2, 0.25) is 0 Å². The van der Waals surface area contributed by atoms with Gasteiger partial charge in [0.05, 0.1) is 11.5 Å². The van der Waals surface area contributed by atoms with Crippen molar-refractivity contribution >= 4 is 27.2 Å². The van der Waals surface area contributed by atoms with Gasteiger partial charge in [-0.25, -0.2) is 8.42 Å². The number of rotatable bonds is 4. The molecule has 0 radical (unpaired) electrons. The Balaban J connectivity index is 1.66. The van der Waals surface area contributed by atoms with E-state index >= 15 is 0 Å². The van der Waals surface area contributed by atoms with E-state index in [9.17, 15) is 13.2 Å². The Labute approximate surface area is 146 Å². The molecule has 1 saturated heterocycles. The predicted octanol–water partition coefficient (Wildman–Crippen LogP) is 1.75. The zero-order valence-corrected chi connectivity index (χ0v) is 14.9. The maximum atomic E-state index is 12.2. The maximum Gasteiger partial charge on any atom is 0.272 e. The van der Waals surface area contributed by atoms with Crippen molar-refractivity contribution in [2.45, 2.75) is 26.3 Å². The summed E-state index contributed by atoms with van der Waals surface area (Å²) in [7, 11) is -3.03. The summed E-state index contributed by atoms with van der Waals surface area (Å²) in [5.41, 5.74) is 3.38. The van der Waals surface area contributed by atoms with Crippen LogP contribution in [0.4, 0.5) is 11.5 Å². The second-order valence-corrected chi connectivity index (χ2v) is 8.48. The van der Waals surface area contributed by atoms with Gasteiger partial charge in [-0.15, -0.1) is 10.2 Å². The molecule has 0 saturated carbocycles. The molecular formula is C17H20N4O3S. The largest absolute Gasteiger partial charge is 0.347 e. The molecule has 8 heteroatoms. The van der Waals surface area contributed by atoms with Crippen LogP contribution in [0, 0.1) is 13.8 Å². The second kappa shape index (κ2) is 6.79. The lowest BCUT2D eigenvalue weighted by molar-refractivity contribution is 0.0935. The van der Waals surface area contributed by atoms with Gasteiger partial charge in [-0.2, -0.15) is 0 Å². The van der Waals surface area contributed by atoms with E-state index in [1.54, 1.807) is 12.1 Å². The molecule has 1 aliphatic rings. The SMILES string of the molecule is Cc1cccc(Nc2ccc(C(=O)NC3CCS(=O)(=O)C3)nn2)c1C. The van der Waals surface area contributed by atoms with Gasteiger partial charge in [0.25, 0.3) is 5.91 Å². The smallest absolute Gasteiger partial charge is 0.272 e. The monoisotopic (exact) mass is 360 g/mol. The fraction of sp³-hybridized carbons (Fsp3) is 0.353. The van der Waals surface area contributed by atoms with Gasteiger partial charge in [0.15, 0.2) is 21.3 Å². The van der Waals surface area contributed by atoms with Gasteiger partial charge < -0.3 is 10.6 Å². The highest BCUT2D eigenvalue weighted by molar-refractivity contribution is 7.91. The number of aromatic nitrogens is 2. The van der Waals surface area contributed by atoms with E-state index in [2.05, 4.69) is 20.8 Å². The first-order valence-electron chi connectivity index (χ1n) is 8.02. The number of nitrogens with zero attached hydrogens (tertiary/aromatic N) is 2.